The Morgan fingerprint density at radius 2 is 0.652 bits per heavy atom. The van der Waals surface area contributed by atoms with Crippen LogP contribution in [0.1, 0.15) is 431 Å². The summed E-state index contributed by atoms with van der Waals surface area (Å²) < 4.78 is 23.6. The molecular formula is C80H159N2O6P. The number of nitrogens with one attached hydrogen (secondary N) is 1. The number of aliphatic hydroxyl groups excluding tert-OH is 1. The van der Waals surface area contributed by atoms with Crippen LogP contribution in [0.15, 0.2) is 24.3 Å². The summed E-state index contributed by atoms with van der Waals surface area (Å²) in [5, 5.41) is 14.2. The number of allylic oxidation sites excluding steroid dienone is 4. The molecule has 89 heavy (non-hydrogen) atoms. The first-order chi connectivity index (χ1) is 43.5. The maximum Gasteiger partial charge on any atom is 0.268 e. The fourth-order valence-corrected chi connectivity index (χ4v) is 13.4. The van der Waals surface area contributed by atoms with Crippen LogP contribution in [0, 0.1) is 0 Å². The smallest absolute Gasteiger partial charge is 0.268 e. The van der Waals surface area contributed by atoms with Crippen LogP contribution in [-0.4, -0.2) is 68.5 Å². The molecule has 0 saturated carbocycles. The van der Waals surface area contributed by atoms with E-state index in [0.717, 1.165) is 44.9 Å². The highest BCUT2D eigenvalue weighted by Crippen LogP contribution is 2.38. The van der Waals surface area contributed by atoms with Gasteiger partial charge in [0.25, 0.3) is 7.82 Å². The van der Waals surface area contributed by atoms with Gasteiger partial charge >= 0.3 is 0 Å². The topological polar surface area (TPSA) is 108 Å². The van der Waals surface area contributed by atoms with E-state index in [0.29, 0.717) is 23.9 Å². The Bertz CT molecular complexity index is 1500. The van der Waals surface area contributed by atoms with Gasteiger partial charge in [0.2, 0.25) is 5.91 Å². The van der Waals surface area contributed by atoms with E-state index in [2.05, 4.69) is 43.5 Å². The minimum absolute atomic E-state index is 0.0156. The van der Waals surface area contributed by atoms with Crippen molar-refractivity contribution in [3.8, 4) is 0 Å². The van der Waals surface area contributed by atoms with Crippen molar-refractivity contribution in [2.45, 2.75) is 443 Å². The Kier molecular flexibility index (Phi) is 70.5. The number of amides is 1. The monoisotopic (exact) mass is 1280 g/mol. The van der Waals surface area contributed by atoms with Crippen molar-refractivity contribution in [2.24, 2.45) is 0 Å². The maximum atomic E-state index is 13.1. The molecule has 0 aliphatic carbocycles. The molecule has 0 radical (unpaired) electrons. The van der Waals surface area contributed by atoms with E-state index in [1.165, 1.54) is 360 Å². The van der Waals surface area contributed by atoms with Crippen LogP contribution in [0.25, 0.3) is 0 Å². The first kappa shape index (κ1) is 88.0. The number of phosphoric acid groups is 1. The average molecular weight is 1280 g/mol. The highest BCUT2D eigenvalue weighted by Gasteiger charge is 2.24. The van der Waals surface area contributed by atoms with Crippen molar-refractivity contribution >= 4 is 13.7 Å². The van der Waals surface area contributed by atoms with E-state index in [1.807, 2.05) is 21.1 Å². The number of carbonyl (C=O) groups excluding carboxylic acids is 1. The zero-order valence-corrected chi connectivity index (χ0v) is 61.8. The van der Waals surface area contributed by atoms with Gasteiger partial charge in [-0.3, -0.25) is 9.36 Å². The molecule has 0 spiro atoms. The van der Waals surface area contributed by atoms with Crippen molar-refractivity contribution in [3.63, 3.8) is 0 Å². The summed E-state index contributed by atoms with van der Waals surface area (Å²) in [5.74, 6) is -0.154. The molecule has 2 N–H and O–H groups in total. The molecule has 0 saturated heterocycles. The number of likely N-dealkylation sites (N-methyl/N-ethyl adjacent to an activating group) is 1. The molecule has 530 valence electrons. The van der Waals surface area contributed by atoms with Crippen LogP contribution in [0.2, 0.25) is 0 Å². The van der Waals surface area contributed by atoms with Gasteiger partial charge in [-0.05, 0) is 44.9 Å². The number of aliphatic hydroxyl groups is 1. The van der Waals surface area contributed by atoms with Crippen LogP contribution in [0.3, 0.4) is 0 Å². The molecule has 0 heterocycles. The van der Waals surface area contributed by atoms with E-state index in [-0.39, 0.29) is 19.1 Å². The van der Waals surface area contributed by atoms with Gasteiger partial charge in [-0.15, -0.1) is 0 Å². The molecular weight excluding hydrogens is 1120 g/mol. The molecule has 0 aliphatic heterocycles. The van der Waals surface area contributed by atoms with Gasteiger partial charge in [0, 0.05) is 6.42 Å². The van der Waals surface area contributed by atoms with E-state index < -0.39 is 20.0 Å². The van der Waals surface area contributed by atoms with Crippen LogP contribution in [0.4, 0.5) is 0 Å². The van der Waals surface area contributed by atoms with Crippen LogP contribution < -0.4 is 10.2 Å². The van der Waals surface area contributed by atoms with Gasteiger partial charge in [-0.1, -0.05) is 404 Å². The molecule has 3 unspecified atom stereocenters. The van der Waals surface area contributed by atoms with Gasteiger partial charge in [0.1, 0.15) is 13.2 Å². The summed E-state index contributed by atoms with van der Waals surface area (Å²) in [4.78, 5) is 25.7. The van der Waals surface area contributed by atoms with E-state index in [9.17, 15) is 19.4 Å². The lowest BCUT2D eigenvalue weighted by molar-refractivity contribution is -0.870. The lowest BCUT2D eigenvalue weighted by Crippen LogP contribution is -2.46. The van der Waals surface area contributed by atoms with Crippen LogP contribution in [-0.2, 0) is 18.4 Å². The second-order valence-corrected chi connectivity index (χ2v) is 30.5. The fourth-order valence-electron chi connectivity index (χ4n) is 12.7. The summed E-state index contributed by atoms with van der Waals surface area (Å²) in [5.41, 5.74) is 0. The SMILES string of the molecule is CCCCCCC/C=C\C/C=C\CCCCCCCCCCCCCCCCCCCCCCCCCC(=O)NC(COP(=O)([O-])OCC[N+](C)(C)C)C(O)CCCCCCCCCCCCCCCCCCCCCCCCCCCCCCCCCC. The molecule has 0 aromatic carbocycles. The highest BCUT2D eigenvalue weighted by molar-refractivity contribution is 7.45. The summed E-state index contributed by atoms with van der Waals surface area (Å²) in [6.45, 7) is 4.79. The van der Waals surface area contributed by atoms with E-state index in [4.69, 9.17) is 9.05 Å². The minimum Gasteiger partial charge on any atom is -0.756 e. The van der Waals surface area contributed by atoms with Gasteiger partial charge in [0.05, 0.1) is 39.9 Å². The van der Waals surface area contributed by atoms with E-state index in [1.54, 1.807) is 0 Å². The zero-order valence-electron chi connectivity index (χ0n) is 60.9. The zero-order chi connectivity index (χ0) is 64.8. The largest absolute Gasteiger partial charge is 0.756 e. The second kappa shape index (κ2) is 71.3. The van der Waals surface area contributed by atoms with E-state index >= 15 is 0 Å². The molecule has 0 aromatic rings. The summed E-state index contributed by atoms with van der Waals surface area (Å²) >= 11 is 0. The quantitative estimate of drug-likeness (QED) is 0.0272. The van der Waals surface area contributed by atoms with Crippen molar-refractivity contribution < 1.29 is 32.9 Å². The van der Waals surface area contributed by atoms with Gasteiger partial charge in [-0.2, -0.15) is 0 Å². The van der Waals surface area contributed by atoms with Crippen molar-refractivity contribution in [2.75, 3.05) is 40.9 Å². The Morgan fingerprint density at radius 3 is 0.933 bits per heavy atom. The predicted octanol–water partition coefficient (Wildman–Crippen LogP) is 25.5. The van der Waals surface area contributed by atoms with Crippen molar-refractivity contribution in [1.29, 1.82) is 0 Å². The normalized spacial score (nSPS) is 13.6. The first-order valence-corrected chi connectivity index (χ1v) is 41.6. The minimum atomic E-state index is -4.58. The van der Waals surface area contributed by atoms with Crippen LogP contribution >= 0.6 is 7.82 Å². The third-order valence-electron chi connectivity index (χ3n) is 18.9. The molecule has 0 bridgehead atoms. The van der Waals surface area contributed by atoms with Gasteiger partial charge in [-0.25, -0.2) is 0 Å². The first-order valence-electron chi connectivity index (χ1n) is 40.2. The Hall–Kier alpha value is -1.02. The Labute approximate surface area is 557 Å². The number of hydrogen-bond acceptors (Lipinski definition) is 6. The number of unbranched alkanes of at least 4 members (excludes halogenated alkanes) is 59. The molecule has 0 fully saturated rings. The number of nitrogens with zero attached hydrogens (tertiary/aromatic N) is 1. The number of carbonyl (C=O) groups is 1. The molecule has 3 atom stereocenters. The fraction of sp³-hybridized carbons (Fsp3) is 0.938. The standard InChI is InChI=1S/C80H159N2O6P/c1-6-8-10-12-14-16-18-20-22-24-26-28-30-32-34-36-38-40-41-42-44-46-48-50-52-54-56-58-60-62-64-66-68-70-72-74-80(84)81-78(77-88-89(85,86)87-76-75-82(3,4)5)79(83)73-71-69-67-65-63-61-59-57-55-53-51-49-47-45-43-39-37-35-33-31-29-27-25-23-21-19-17-15-13-11-9-7-2/h18,20,24,26,78-79,83H,6-17,19,21-23,25,27-77H2,1-5H3,(H-,81,84,85,86)/b20-18-,26-24-. The molecule has 0 rings (SSSR count). The second-order valence-electron chi connectivity index (χ2n) is 29.1. The molecule has 9 heteroatoms. The number of phosphoric ester groups is 1. The molecule has 0 aromatic heterocycles. The Balaban J connectivity index is 3.91. The number of quaternary nitrogens is 1. The number of hydrogen-bond donors (Lipinski definition) is 2. The lowest BCUT2D eigenvalue weighted by Gasteiger charge is -2.30. The third-order valence-corrected chi connectivity index (χ3v) is 19.9. The van der Waals surface area contributed by atoms with Crippen molar-refractivity contribution in [3.05, 3.63) is 24.3 Å². The number of rotatable bonds is 76. The summed E-state index contributed by atoms with van der Waals surface area (Å²) in [6, 6.07) is -0.800. The predicted molar refractivity (Wildman–Crippen MR) is 390 cm³/mol. The molecule has 8 nitrogen and oxygen atoms in total. The van der Waals surface area contributed by atoms with Gasteiger partial charge < -0.3 is 28.8 Å². The average Bonchev–Trinajstić information content (AvgIpc) is 3.64. The summed E-state index contributed by atoms with van der Waals surface area (Å²) in [6.07, 6.45) is 94.5. The Morgan fingerprint density at radius 1 is 0.393 bits per heavy atom. The van der Waals surface area contributed by atoms with Crippen LogP contribution in [0.5, 0.6) is 0 Å². The van der Waals surface area contributed by atoms with Gasteiger partial charge in [0.15, 0.2) is 0 Å². The third kappa shape index (κ3) is 74.2. The highest BCUT2D eigenvalue weighted by atomic mass is 31.2. The molecule has 0 aliphatic rings. The lowest BCUT2D eigenvalue weighted by atomic mass is 10.0. The van der Waals surface area contributed by atoms with Crippen molar-refractivity contribution in [1.82, 2.24) is 5.32 Å². The maximum absolute atomic E-state index is 13.1. The summed E-state index contributed by atoms with van der Waals surface area (Å²) in [7, 11) is 1.33. The molecule has 1 amide bonds.